The van der Waals surface area contributed by atoms with Gasteiger partial charge in [0.1, 0.15) is 0 Å². The molecule has 3 aromatic rings. The van der Waals surface area contributed by atoms with E-state index in [0.717, 1.165) is 30.8 Å². The first-order chi connectivity index (χ1) is 15.1. The average Bonchev–Trinajstić information content (AvgIpc) is 3.22. The van der Waals surface area contributed by atoms with Gasteiger partial charge in [-0.1, -0.05) is 54.6 Å². The van der Waals surface area contributed by atoms with E-state index in [2.05, 4.69) is 28.5 Å². The van der Waals surface area contributed by atoms with Crippen LogP contribution in [0.4, 0.5) is 11.4 Å². The van der Waals surface area contributed by atoms with Crippen LogP contribution in [0.15, 0.2) is 78.9 Å². The van der Waals surface area contributed by atoms with E-state index in [-0.39, 0.29) is 18.2 Å². The fourth-order valence-electron chi connectivity index (χ4n) is 4.02. The van der Waals surface area contributed by atoms with Crippen LogP contribution in [0.5, 0.6) is 0 Å². The van der Waals surface area contributed by atoms with E-state index in [1.165, 1.54) is 11.3 Å². The molecule has 31 heavy (non-hydrogen) atoms. The summed E-state index contributed by atoms with van der Waals surface area (Å²) >= 11 is 0. The van der Waals surface area contributed by atoms with Gasteiger partial charge in [0.15, 0.2) is 0 Å². The highest BCUT2D eigenvalue weighted by Crippen LogP contribution is 2.30. The van der Waals surface area contributed by atoms with Crippen molar-refractivity contribution in [3.63, 3.8) is 0 Å². The number of rotatable bonds is 7. The normalized spacial score (nSPS) is 13.4. The number of likely N-dealkylation sites (N-methyl/N-ethyl adjacent to an activating group) is 1. The number of benzene rings is 3. The molecule has 2 N–H and O–H groups in total. The van der Waals surface area contributed by atoms with E-state index in [1.807, 2.05) is 60.7 Å². The van der Waals surface area contributed by atoms with Gasteiger partial charge in [0.05, 0.1) is 12.5 Å². The minimum Gasteiger partial charge on any atom is -0.371 e. The largest absolute Gasteiger partial charge is 0.371 e. The van der Waals surface area contributed by atoms with Crippen molar-refractivity contribution in [3.05, 3.63) is 95.6 Å². The average molecular weight is 414 g/mol. The van der Waals surface area contributed by atoms with Gasteiger partial charge in [-0.2, -0.15) is 0 Å². The number of fused-ring (bicyclic) bond motifs is 1. The Balaban J connectivity index is 1.48. The Kier molecular flexibility index (Phi) is 6.32. The minimum absolute atomic E-state index is 0.136. The van der Waals surface area contributed by atoms with Crippen LogP contribution in [-0.2, 0) is 11.2 Å². The number of carbonyl (C=O) groups is 2. The molecule has 5 nitrogen and oxygen atoms in total. The van der Waals surface area contributed by atoms with E-state index < -0.39 is 6.04 Å². The number of anilines is 2. The van der Waals surface area contributed by atoms with Gasteiger partial charge in [0.25, 0.3) is 5.91 Å². The number of amides is 2. The lowest BCUT2D eigenvalue weighted by molar-refractivity contribution is -0.116. The predicted molar refractivity (Wildman–Crippen MR) is 124 cm³/mol. The van der Waals surface area contributed by atoms with E-state index in [9.17, 15) is 9.59 Å². The molecule has 0 saturated carbocycles. The predicted octanol–water partition coefficient (Wildman–Crippen LogP) is 4.57. The van der Waals surface area contributed by atoms with Crippen LogP contribution in [0.1, 0.15) is 40.9 Å². The molecule has 1 atom stereocenters. The van der Waals surface area contributed by atoms with Crippen molar-refractivity contribution in [2.75, 3.05) is 23.3 Å². The number of hydrogen-bond donors (Lipinski definition) is 2. The molecule has 1 aliphatic rings. The summed E-state index contributed by atoms with van der Waals surface area (Å²) in [6.07, 6.45) is 1.19. The lowest BCUT2D eigenvalue weighted by Crippen LogP contribution is -2.31. The molecule has 5 heteroatoms. The van der Waals surface area contributed by atoms with Crippen LogP contribution >= 0.6 is 0 Å². The molecule has 0 radical (unpaired) electrons. The molecule has 1 aliphatic heterocycles. The molecule has 0 aromatic heterocycles. The zero-order chi connectivity index (χ0) is 21.6. The van der Waals surface area contributed by atoms with Crippen molar-refractivity contribution in [2.24, 2.45) is 0 Å². The highest BCUT2D eigenvalue weighted by molar-refractivity contribution is 5.96. The second-order valence-corrected chi connectivity index (χ2v) is 7.73. The van der Waals surface area contributed by atoms with Crippen LogP contribution in [0.2, 0.25) is 0 Å². The molecule has 0 bridgehead atoms. The standard InChI is InChI=1S/C26H27N3O2/c1-2-29-16-15-20-13-14-22(17-24(20)29)27-25(30)18-23(19-9-5-3-6-10-19)28-26(31)21-11-7-4-8-12-21/h3-14,17,23H,2,15-16,18H2,1H3,(H,27,30)(H,28,31). The third-order valence-electron chi connectivity index (χ3n) is 5.68. The number of carbonyl (C=O) groups excluding carboxylic acids is 2. The summed E-state index contributed by atoms with van der Waals surface area (Å²) in [5, 5.41) is 6.03. The molecule has 0 aliphatic carbocycles. The Morgan fingerprint density at radius 2 is 1.68 bits per heavy atom. The molecule has 1 heterocycles. The molecule has 1 unspecified atom stereocenters. The Bertz CT molecular complexity index is 1050. The summed E-state index contributed by atoms with van der Waals surface area (Å²) in [6, 6.07) is 24.3. The van der Waals surface area contributed by atoms with Gasteiger partial charge in [-0.25, -0.2) is 0 Å². The van der Waals surface area contributed by atoms with Crippen LogP contribution in [0.3, 0.4) is 0 Å². The first kappa shape index (κ1) is 20.7. The molecular formula is C26H27N3O2. The second-order valence-electron chi connectivity index (χ2n) is 7.73. The fourth-order valence-corrected chi connectivity index (χ4v) is 4.02. The molecule has 0 fully saturated rings. The van der Waals surface area contributed by atoms with Crippen molar-refractivity contribution >= 4 is 23.2 Å². The van der Waals surface area contributed by atoms with Crippen LogP contribution in [-0.4, -0.2) is 24.9 Å². The van der Waals surface area contributed by atoms with Gasteiger partial charge in [0.2, 0.25) is 5.91 Å². The van der Waals surface area contributed by atoms with Gasteiger partial charge in [-0.15, -0.1) is 0 Å². The quantitative estimate of drug-likeness (QED) is 0.597. The zero-order valence-corrected chi connectivity index (χ0v) is 17.7. The molecule has 4 rings (SSSR count). The first-order valence-corrected chi connectivity index (χ1v) is 10.7. The Labute approximate surface area is 183 Å². The number of nitrogens with zero attached hydrogens (tertiary/aromatic N) is 1. The lowest BCUT2D eigenvalue weighted by Gasteiger charge is -2.20. The van der Waals surface area contributed by atoms with Crippen molar-refractivity contribution in [1.82, 2.24) is 5.32 Å². The topological polar surface area (TPSA) is 61.4 Å². The fraction of sp³-hybridized carbons (Fsp3) is 0.231. The summed E-state index contributed by atoms with van der Waals surface area (Å²) in [5.74, 6) is -0.332. The summed E-state index contributed by atoms with van der Waals surface area (Å²) in [5.41, 5.74) is 4.76. The summed E-state index contributed by atoms with van der Waals surface area (Å²) in [7, 11) is 0. The van der Waals surface area contributed by atoms with Gasteiger partial charge in [-0.05, 0) is 48.7 Å². The third-order valence-corrected chi connectivity index (χ3v) is 5.68. The summed E-state index contributed by atoms with van der Waals surface area (Å²) in [6.45, 7) is 4.11. The maximum absolute atomic E-state index is 12.9. The molecule has 2 amide bonds. The molecular weight excluding hydrogens is 386 g/mol. The molecule has 0 spiro atoms. The Morgan fingerprint density at radius 3 is 2.39 bits per heavy atom. The van der Waals surface area contributed by atoms with Gasteiger partial charge in [-0.3, -0.25) is 9.59 Å². The summed E-state index contributed by atoms with van der Waals surface area (Å²) < 4.78 is 0. The highest BCUT2D eigenvalue weighted by Gasteiger charge is 2.21. The maximum atomic E-state index is 12.9. The number of nitrogens with one attached hydrogen (secondary N) is 2. The van der Waals surface area contributed by atoms with Crippen LogP contribution in [0.25, 0.3) is 0 Å². The van der Waals surface area contributed by atoms with E-state index in [4.69, 9.17) is 0 Å². The third kappa shape index (κ3) is 4.94. The monoisotopic (exact) mass is 413 g/mol. The van der Waals surface area contributed by atoms with Crippen LogP contribution in [0, 0.1) is 0 Å². The molecule has 158 valence electrons. The minimum atomic E-state index is -0.421. The zero-order valence-electron chi connectivity index (χ0n) is 17.7. The maximum Gasteiger partial charge on any atom is 0.251 e. The van der Waals surface area contributed by atoms with Gasteiger partial charge < -0.3 is 15.5 Å². The summed E-state index contributed by atoms with van der Waals surface area (Å²) in [4.78, 5) is 27.9. The Morgan fingerprint density at radius 1 is 0.968 bits per heavy atom. The van der Waals surface area contributed by atoms with E-state index in [0.29, 0.717) is 5.56 Å². The number of hydrogen-bond acceptors (Lipinski definition) is 3. The molecule has 3 aromatic carbocycles. The van der Waals surface area contributed by atoms with Gasteiger partial charge >= 0.3 is 0 Å². The van der Waals surface area contributed by atoms with Crippen molar-refractivity contribution in [1.29, 1.82) is 0 Å². The van der Waals surface area contributed by atoms with E-state index >= 15 is 0 Å². The van der Waals surface area contributed by atoms with E-state index in [1.54, 1.807) is 12.1 Å². The van der Waals surface area contributed by atoms with Gasteiger partial charge in [0, 0.05) is 30.0 Å². The second kappa shape index (κ2) is 9.47. The SMILES string of the molecule is CCN1CCc2ccc(NC(=O)CC(NC(=O)c3ccccc3)c3ccccc3)cc21. The van der Waals surface area contributed by atoms with Crippen LogP contribution < -0.4 is 15.5 Å². The van der Waals surface area contributed by atoms with Crippen molar-refractivity contribution in [2.45, 2.75) is 25.8 Å². The highest BCUT2D eigenvalue weighted by atomic mass is 16.2. The first-order valence-electron chi connectivity index (χ1n) is 10.7. The Hall–Kier alpha value is -3.60. The van der Waals surface area contributed by atoms with Crippen molar-refractivity contribution in [3.8, 4) is 0 Å². The molecule has 0 saturated heterocycles. The smallest absolute Gasteiger partial charge is 0.251 e. The lowest BCUT2D eigenvalue weighted by atomic mass is 10.0. The van der Waals surface area contributed by atoms with Crippen molar-refractivity contribution < 1.29 is 9.59 Å².